The van der Waals surface area contributed by atoms with E-state index in [4.69, 9.17) is 0 Å². The lowest BCUT2D eigenvalue weighted by molar-refractivity contribution is -0.537. The molecular formula is C6H10BrNO3. The molecule has 0 saturated heterocycles. The maximum Gasteiger partial charge on any atom is 0.239 e. The molecule has 3 unspecified atom stereocenters. The first-order valence-electron chi connectivity index (χ1n) is 3.57. The van der Waals surface area contributed by atoms with E-state index in [1.54, 1.807) is 0 Å². The molecule has 0 radical (unpaired) electrons. The van der Waals surface area contributed by atoms with Gasteiger partial charge in [-0.2, -0.15) is 0 Å². The van der Waals surface area contributed by atoms with Gasteiger partial charge in [0, 0.05) is 16.2 Å². The number of hydrogen-bond donors (Lipinski definition) is 1. The Morgan fingerprint density at radius 3 is 2.64 bits per heavy atom. The van der Waals surface area contributed by atoms with Gasteiger partial charge in [-0.25, -0.2) is 0 Å². The predicted octanol–water partition coefficient (Wildman–Crippen LogP) is 0.940. The van der Waals surface area contributed by atoms with Gasteiger partial charge in [0.15, 0.2) is 0 Å². The number of nitrogens with zero attached hydrogens (tertiary/aromatic N) is 1. The van der Waals surface area contributed by atoms with E-state index in [2.05, 4.69) is 15.9 Å². The molecule has 0 bridgehead atoms. The highest BCUT2D eigenvalue weighted by atomic mass is 79.9. The van der Waals surface area contributed by atoms with Gasteiger partial charge < -0.3 is 5.11 Å². The Hall–Kier alpha value is -0.160. The van der Waals surface area contributed by atoms with E-state index in [-0.39, 0.29) is 4.83 Å². The number of halogens is 1. The Morgan fingerprint density at radius 1 is 1.55 bits per heavy atom. The normalized spacial score (nSPS) is 38.5. The molecule has 0 aliphatic heterocycles. The Bertz CT molecular complexity index is 164. The maximum absolute atomic E-state index is 10.3. The third kappa shape index (κ3) is 2.13. The van der Waals surface area contributed by atoms with E-state index >= 15 is 0 Å². The molecule has 0 aromatic rings. The number of aliphatic hydroxyl groups excluding tert-OH is 1. The molecule has 64 valence electrons. The molecule has 1 aliphatic rings. The topological polar surface area (TPSA) is 63.4 Å². The third-order valence-electron chi connectivity index (χ3n) is 1.99. The summed E-state index contributed by atoms with van der Waals surface area (Å²) in [6.07, 6.45) is 1.04. The summed E-state index contributed by atoms with van der Waals surface area (Å²) >= 11 is 3.31. The lowest BCUT2D eigenvalue weighted by Crippen LogP contribution is -2.39. The molecule has 1 aliphatic carbocycles. The number of alkyl halides is 1. The molecule has 0 amide bonds. The van der Waals surface area contributed by atoms with Gasteiger partial charge in [0.1, 0.15) is 6.10 Å². The molecule has 1 N–H and O–H groups in total. The van der Waals surface area contributed by atoms with Crippen LogP contribution < -0.4 is 0 Å². The van der Waals surface area contributed by atoms with E-state index < -0.39 is 17.1 Å². The molecule has 0 heterocycles. The zero-order valence-electron chi connectivity index (χ0n) is 5.94. The maximum atomic E-state index is 10.3. The highest BCUT2D eigenvalue weighted by molar-refractivity contribution is 9.09. The first-order valence-corrected chi connectivity index (χ1v) is 4.48. The van der Waals surface area contributed by atoms with Crippen LogP contribution in [-0.4, -0.2) is 27.0 Å². The summed E-state index contributed by atoms with van der Waals surface area (Å²) in [5, 5.41) is 19.5. The molecule has 0 aromatic carbocycles. The van der Waals surface area contributed by atoms with Crippen LogP contribution >= 0.6 is 15.9 Å². The molecule has 4 nitrogen and oxygen atoms in total. The van der Waals surface area contributed by atoms with Crippen LogP contribution in [0.5, 0.6) is 0 Å². The van der Waals surface area contributed by atoms with E-state index in [0.29, 0.717) is 12.8 Å². The Morgan fingerprint density at radius 2 is 2.18 bits per heavy atom. The average Bonchev–Trinajstić information content (AvgIpc) is 1.94. The lowest BCUT2D eigenvalue weighted by atomic mass is 9.93. The number of aliphatic hydroxyl groups is 1. The molecule has 3 atom stereocenters. The zero-order valence-corrected chi connectivity index (χ0v) is 7.53. The van der Waals surface area contributed by atoms with Crippen molar-refractivity contribution in [2.75, 3.05) is 0 Å². The van der Waals surface area contributed by atoms with E-state index in [9.17, 15) is 15.2 Å². The molecular weight excluding hydrogens is 214 g/mol. The molecule has 5 heteroatoms. The summed E-state index contributed by atoms with van der Waals surface area (Å²) in [4.78, 5) is 10.1. The SMILES string of the molecule is O=[N+]([O-])C1CC(Br)CCC1O. The molecule has 0 spiro atoms. The van der Waals surface area contributed by atoms with Crippen LogP contribution in [0.1, 0.15) is 19.3 Å². The smallest absolute Gasteiger partial charge is 0.239 e. The van der Waals surface area contributed by atoms with Crippen molar-refractivity contribution in [1.82, 2.24) is 0 Å². The van der Waals surface area contributed by atoms with Crippen molar-refractivity contribution in [2.45, 2.75) is 36.2 Å². The number of rotatable bonds is 1. The van der Waals surface area contributed by atoms with Crippen molar-refractivity contribution in [1.29, 1.82) is 0 Å². The molecule has 0 aromatic heterocycles. The van der Waals surface area contributed by atoms with Gasteiger partial charge in [0.2, 0.25) is 6.04 Å². The minimum atomic E-state index is -0.770. The first-order chi connectivity index (χ1) is 5.11. The van der Waals surface area contributed by atoms with Crippen LogP contribution in [0.25, 0.3) is 0 Å². The summed E-state index contributed by atoms with van der Waals surface area (Å²) in [7, 11) is 0. The summed E-state index contributed by atoms with van der Waals surface area (Å²) < 4.78 is 0. The van der Waals surface area contributed by atoms with Gasteiger partial charge in [0.05, 0.1) is 0 Å². The predicted molar refractivity (Wildman–Crippen MR) is 43.4 cm³/mol. The second-order valence-corrected chi connectivity index (χ2v) is 4.13. The fraction of sp³-hybridized carbons (Fsp3) is 1.00. The molecule has 1 fully saturated rings. The van der Waals surface area contributed by atoms with Crippen LogP contribution in [-0.2, 0) is 0 Å². The van der Waals surface area contributed by atoms with E-state index in [1.165, 1.54) is 0 Å². The Balaban J connectivity index is 2.54. The zero-order chi connectivity index (χ0) is 8.43. The average molecular weight is 224 g/mol. The highest BCUT2D eigenvalue weighted by Crippen LogP contribution is 2.26. The highest BCUT2D eigenvalue weighted by Gasteiger charge is 2.36. The van der Waals surface area contributed by atoms with Crippen LogP contribution in [0.4, 0.5) is 0 Å². The fourth-order valence-corrected chi connectivity index (χ4v) is 1.95. The van der Waals surface area contributed by atoms with Gasteiger partial charge in [-0.05, 0) is 12.8 Å². The van der Waals surface area contributed by atoms with Crippen molar-refractivity contribution in [2.24, 2.45) is 0 Å². The van der Waals surface area contributed by atoms with E-state index in [1.807, 2.05) is 0 Å². The summed E-state index contributed by atoms with van der Waals surface area (Å²) in [5.41, 5.74) is 0. The van der Waals surface area contributed by atoms with Crippen molar-refractivity contribution in [3.63, 3.8) is 0 Å². The van der Waals surface area contributed by atoms with Gasteiger partial charge in [-0.3, -0.25) is 10.1 Å². The monoisotopic (exact) mass is 223 g/mol. The summed E-state index contributed by atoms with van der Waals surface area (Å²) in [5.74, 6) is 0. The van der Waals surface area contributed by atoms with Gasteiger partial charge in [-0.1, -0.05) is 15.9 Å². The van der Waals surface area contributed by atoms with Crippen molar-refractivity contribution < 1.29 is 10.0 Å². The van der Waals surface area contributed by atoms with E-state index in [0.717, 1.165) is 6.42 Å². The minimum Gasteiger partial charge on any atom is -0.386 e. The van der Waals surface area contributed by atoms with Crippen LogP contribution in [0.3, 0.4) is 0 Å². The van der Waals surface area contributed by atoms with Crippen molar-refractivity contribution >= 4 is 15.9 Å². The fourth-order valence-electron chi connectivity index (χ4n) is 1.31. The molecule has 11 heavy (non-hydrogen) atoms. The number of hydrogen-bond acceptors (Lipinski definition) is 3. The van der Waals surface area contributed by atoms with Gasteiger partial charge in [0.25, 0.3) is 0 Å². The standard InChI is InChI=1S/C6H10BrNO3/c7-4-1-2-6(9)5(3-4)8(10)11/h4-6,9H,1-3H2. The molecule has 1 rings (SSSR count). The number of nitro groups is 1. The van der Waals surface area contributed by atoms with Crippen LogP contribution in [0.2, 0.25) is 0 Å². The molecule has 1 saturated carbocycles. The summed E-state index contributed by atoms with van der Waals surface area (Å²) in [6, 6.07) is -0.770. The minimum absolute atomic E-state index is 0.196. The van der Waals surface area contributed by atoms with Crippen molar-refractivity contribution in [3.05, 3.63) is 10.1 Å². The van der Waals surface area contributed by atoms with Gasteiger partial charge >= 0.3 is 0 Å². The quantitative estimate of drug-likeness (QED) is 0.409. The van der Waals surface area contributed by atoms with Crippen LogP contribution in [0, 0.1) is 10.1 Å². The van der Waals surface area contributed by atoms with Crippen LogP contribution in [0.15, 0.2) is 0 Å². The Labute approximate surface area is 72.9 Å². The first kappa shape index (κ1) is 8.93. The second kappa shape index (κ2) is 3.49. The largest absolute Gasteiger partial charge is 0.386 e. The second-order valence-electron chi connectivity index (χ2n) is 2.83. The van der Waals surface area contributed by atoms with Gasteiger partial charge in [-0.15, -0.1) is 0 Å². The third-order valence-corrected chi connectivity index (χ3v) is 2.82. The van der Waals surface area contributed by atoms with Crippen molar-refractivity contribution in [3.8, 4) is 0 Å². The summed E-state index contributed by atoms with van der Waals surface area (Å²) in [6.45, 7) is 0. The Kier molecular flexibility index (Phi) is 2.84. The lowest BCUT2D eigenvalue weighted by Gasteiger charge is -2.24.